The van der Waals surface area contributed by atoms with Crippen LogP contribution in [-0.4, -0.2) is 12.1 Å². The van der Waals surface area contributed by atoms with E-state index in [4.69, 9.17) is 4.42 Å². The minimum absolute atomic E-state index is 0.275. The van der Waals surface area contributed by atoms with Gasteiger partial charge in [-0.1, -0.05) is 0 Å². The number of aromatic nitrogens is 1. The molecule has 0 fully saturated rings. The molecule has 4 heteroatoms. The fraction of sp³-hybridized carbons (Fsp3) is 0.250. The van der Waals surface area contributed by atoms with Gasteiger partial charge >= 0.3 is 6.08 Å². The Labute approximate surface area is 54.8 Å². The van der Waals surface area contributed by atoms with Gasteiger partial charge in [-0.25, -0.2) is 0 Å². The Morgan fingerprint density at radius 3 is 2.88 bits per heavy atom. The Bertz CT molecular complexity index is 174. The number of nitrogens with zero attached hydrogens (tertiary/aromatic N) is 1. The number of hydrogen-bond acceptors (Lipinski definition) is 3. The molecule has 8 heavy (non-hydrogen) atoms. The first kappa shape index (κ1) is 5.62. The predicted octanol–water partition coefficient (Wildman–Crippen LogP) is 1.45. The molecule has 1 heterocycles. The van der Waals surface area contributed by atoms with E-state index in [0.717, 1.165) is 0 Å². The van der Waals surface area contributed by atoms with Crippen molar-refractivity contribution in [2.24, 2.45) is 0 Å². The fourth-order valence-corrected chi connectivity index (χ4v) is 0.575. The maximum absolute atomic E-state index is 4.82. The molecule has 0 saturated heterocycles. The highest BCUT2D eigenvalue weighted by Gasteiger charge is 1.96. The molecule has 0 aliphatic carbocycles. The van der Waals surface area contributed by atoms with Gasteiger partial charge in [-0.2, -0.15) is 4.98 Å². The highest BCUT2D eigenvalue weighted by Crippen LogP contribution is 2.15. The van der Waals surface area contributed by atoms with Crippen LogP contribution in [-0.2, 0) is 0 Å². The summed E-state index contributed by atoms with van der Waals surface area (Å²) in [5.41, 5.74) is 0. The fourth-order valence-electron chi connectivity index (χ4n) is 0.334. The largest absolute Gasteiger partial charge is 0.453 e. The number of methoxy groups -OCH3 is 1. The van der Waals surface area contributed by atoms with Crippen molar-refractivity contribution in [1.29, 1.82) is 0 Å². The van der Waals surface area contributed by atoms with Crippen molar-refractivity contribution in [2.45, 2.75) is 0 Å². The van der Waals surface area contributed by atoms with Crippen LogP contribution in [0.25, 0.3) is 0 Å². The monoisotopic (exact) mass is 177 g/mol. The summed E-state index contributed by atoms with van der Waals surface area (Å²) >= 11 is 3.06. The van der Waals surface area contributed by atoms with Crippen molar-refractivity contribution in [2.75, 3.05) is 7.11 Å². The summed E-state index contributed by atoms with van der Waals surface area (Å²) in [6, 6.07) is 0. The van der Waals surface area contributed by atoms with Gasteiger partial charge in [0.25, 0.3) is 0 Å². The van der Waals surface area contributed by atoms with E-state index < -0.39 is 0 Å². The van der Waals surface area contributed by atoms with Crippen LogP contribution in [0.3, 0.4) is 0 Å². The van der Waals surface area contributed by atoms with Gasteiger partial charge in [0, 0.05) is 0 Å². The maximum atomic E-state index is 4.82. The lowest BCUT2D eigenvalue weighted by atomic mass is 11.0. The van der Waals surface area contributed by atoms with Crippen LogP contribution >= 0.6 is 15.9 Å². The standard InChI is InChI=1S/C4H4BrNO2/c1-7-4-6-2-3(5)8-4/h2H,1H3. The second-order valence-electron chi connectivity index (χ2n) is 1.13. The zero-order valence-electron chi connectivity index (χ0n) is 4.22. The van der Waals surface area contributed by atoms with Gasteiger partial charge in [0.05, 0.1) is 13.3 Å². The van der Waals surface area contributed by atoms with Gasteiger partial charge < -0.3 is 9.15 Å². The first-order valence-corrected chi connectivity index (χ1v) is 2.77. The Morgan fingerprint density at radius 2 is 2.62 bits per heavy atom. The molecule has 0 N–H and O–H groups in total. The minimum Gasteiger partial charge on any atom is -0.453 e. The molecule has 0 bridgehead atoms. The van der Waals surface area contributed by atoms with Crippen molar-refractivity contribution in [3.63, 3.8) is 0 Å². The van der Waals surface area contributed by atoms with E-state index in [9.17, 15) is 0 Å². The van der Waals surface area contributed by atoms with Crippen LogP contribution in [0.1, 0.15) is 0 Å². The maximum Gasteiger partial charge on any atom is 0.394 e. The van der Waals surface area contributed by atoms with Crippen LogP contribution in [0.5, 0.6) is 6.08 Å². The van der Waals surface area contributed by atoms with E-state index in [1.165, 1.54) is 13.3 Å². The second-order valence-corrected chi connectivity index (χ2v) is 1.92. The molecule has 0 aliphatic rings. The van der Waals surface area contributed by atoms with E-state index in [1.807, 2.05) is 0 Å². The molecular formula is C4H4BrNO2. The van der Waals surface area contributed by atoms with Crippen molar-refractivity contribution >= 4 is 15.9 Å². The van der Waals surface area contributed by atoms with E-state index in [-0.39, 0.29) is 6.08 Å². The molecule has 0 radical (unpaired) electrons. The van der Waals surface area contributed by atoms with Crippen molar-refractivity contribution in [1.82, 2.24) is 4.98 Å². The Hall–Kier alpha value is -0.510. The van der Waals surface area contributed by atoms with Crippen LogP contribution in [0.15, 0.2) is 15.3 Å². The third kappa shape index (κ3) is 1.01. The van der Waals surface area contributed by atoms with Crippen molar-refractivity contribution in [3.05, 3.63) is 10.9 Å². The van der Waals surface area contributed by atoms with Gasteiger partial charge in [0.1, 0.15) is 0 Å². The Morgan fingerprint density at radius 1 is 1.88 bits per heavy atom. The first-order valence-electron chi connectivity index (χ1n) is 1.98. The summed E-state index contributed by atoms with van der Waals surface area (Å²) in [4.78, 5) is 3.70. The zero-order valence-corrected chi connectivity index (χ0v) is 5.81. The van der Waals surface area contributed by atoms with E-state index >= 15 is 0 Å². The lowest BCUT2D eigenvalue weighted by Crippen LogP contribution is -1.78. The minimum atomic E-state index is 0.275. The molecule has 0 atom stereocenters. The molecule has 44 valence electrons. The van der Waals surface area contributed by atoms with Gasteiger partial charge in [0.2, 0.25) is 0 Å². The van der Waals surface area contributed by atoms with Crippen LogP contribution in [0.4, 0.5) is 0 Å². The summed E-state index contributed by atoms with van der Waals surface area (Å²) in [7, 11) is 1.50. The third-order valence-electron chi connectivity index (χ3n) is 0.631. The molecular weight excluding hydrogens is 174 g/mol. The molecule has 0 spiro atoms. The number of rotatable bonds is 1. The summed E-state index contributed by atoms with van der Waals surface area (Å²) in [5.74, 6) is 0. The summed E-state index contributed by atoms with van der Waals surface area (Å²) in [6.45, 7) is 0. The molecule has 1 aromatic heterocycles. The SMILES string of the molecule is COc1ncc(Br)o1. The highest BCUT2D eigenvalue weighted by molar-refractivity contribution is 9.10. The molecule has 0 aromatic carbocycles. The van der Waals surface area contributed by atoms with Crippen molar-refractivity contribution < 1.29 is 9.15 Å². The number of ether oxygens (including phenoxy) is 1. The number of hydrogen-bond donors (Lipinski definition) is 0. The molecule has 1 aromatic rings. The van der Waals surface area contributed by atoms with Gasteiger partial charge in [-0.3, -0.25) is 0 Å². The van der Waals surface area contributed by atoms with Crippen LogP contribution in [0.2, 0.25) is 0 Å². The quantitative estimate of drug-likeness (QED) is 0.652. The first-order chi connectivity index (χ1) is 3.83. The average molecular weight is 178 g/mol. The lowest BCUT2D eigenvalue weighted by Gasteiger charge is -1.84. The van der Waals surface area contributed by atoms with Crippen LogP contribution in [0, 0.1) is 0 Å². The summed E-state index contributed by atoms with van der Waals surface area (Å²) < 4.78 is 10.0. The number of oxazole rings is 1. The smallest absolute Gasteiger partial charge is 0.394 e. The third-order valence-corrected chi connectivity index (χ3v) is 0.998. The van der Waals surface area contributed by atoms with Gasteiger partial charge in [0.15, 0.2) is 4.67 Å². The molecule has 0 saturated carbocycles. The average Bonchev–Trinajstić information content (AvgIpc) is 2.14. The normalized spacial score (nSPS) is 9.25. The predicted molar refractivity (Wildman–Crippen MR) is 30.8 cm³/mol. The topological polar surface area (TPSA) is 35.3 Å². The van der Waals surface area contributed by atoms with E-state index in [0.29, 0.717) is 4.67 Å². The van der Waals surface area contributed by atoms with Crippen molar-refractivity contribution in [3.8, 4) is 6.08 Å². The molecule has 1 rings (SSSR count). The molecule has 0 amide bonds. The number of halogens is 1. The van der Waals surface area contributed by atoms with E-state index in [2.05, 4.69) is 25.7 Å². The summed E-state index contributed by atoms with van der Waals surface area (Å²) in [6.07, 6.45) is 1.80. The Kier molecular flexibility index (Phi) is 1.53. The van der Waals surface area contributed by atoms with Gasteiger partial charge in [-0.15, -0.1) is 0 Å². The highest BCUT2D eigenvalue weighted by atomic mass is 79.9. The molecule has 0 unspecified atom stereocenters. The zero-order chi connectivity index (χ0) is 5.98. The molecule has 3 nitrogen and oxygen atoms in total. The van der Waals surface area contributed by atoms with Gasteiger partial charge in [-0.05, 0) is 15.9 Å². The lowest BCUT2D eigenvalue weighted by molar-refractivity contribution is 0.284. The second kappa shape index (κ2) is 2.17. The molecule has 0 aliphatic heterocycles. The Balaban J connectivity index is 2.84. The van der Waals surface area contributed by atoms with E-state index in [1.54, 1.807) is 0 Å². The summed E-state index contributed by atoms with van der Waals surface area (Å²) in [5, 5.41) is 0. The van der Waals surface area contributed by atoms with Crippen LogP contribution < -0.4 is 4.74 Å².